The third kappa shape index (κ3) is 4.66. The van der Waals surface area contributed by atoms with Crippen LogP contribution in [0.4, 0.5) is 11.5 Å². The van der Waals surface area contributed by atoms with Crippen LogP contribution in [-0.4, -0.2) is 27.2 Å². The van der Waals surface area contributed by atoms with Crippen molar-refractivity contribution >= 4 is 29.0 Å². The summed E-state index contributed by atoms with van der Waals surface area (Å²) in [4.78, 5) is 22.6. The molecular formula is C19H17ClN4O4. The maximum Gasteiger partial charge on any atom is 0.272 e. The maximum absolute atomic E-state index is 12.2. The van der Waals surface area contributed by atoms with Crippen LogP contribution >= 0.6 is 11.6 Å². The number of hydrogen-bond acceptors (Lipinski definition) is 5. The molecule has 144 valence electrons. The maximum atomic E-state index is 12.2. The molecule has 1 aromatic heterocycles. The Morgan fingerprint density at radius 2 is 2.07 bits per heavy atom. The molecule has 9 heteroatoms. The highest BCUT2D eigenvalue weighted by Crippen LogP contribution is 2.23. The van der Waals surface area contributed by atoms with E-state index in [0.29, 0.717) is 28.7 Å². The minimum Gasteiger partial charge on any atom is -0.484 e. The Morgan fingerprint density at radius 1 is 1.29 bits per heavy atom. The molecule has 28 heavy (non-hydrogen) atoms. The standard InChI is InChI=1S/C19H17ClN4O4/c1-13-10-15(6-7-17(13)24(26)27)28-12-19(25)22-18-8-9-21-23(18)11-14-4-2-3-5-16(14)20/h2-10H,11-12H2,1H3,(H,22,25). The predicted octanol–water partition coefficient (Wildman–Crippen LogP) is 3.82. The zero-order valence-electron chi connectivity index (χ0n) is 15.0. The van der Waals surface area contributed by atoms with Crippen molar-refractivity contribution in [1.82, 2.24) is 9.78 Å². The van der Waals surface area contributed by atoms with E-state index in [1.54, 1.807) is 29.9 Å². The molecule has 3 rings (SSSR count). The SMILES string of the molecule is Cc1cc(OCC(=O)Nc2ccnn2Cc2ccccc2Cl)ccc1[N+](=O)[O-]. The van der Waals surface area contributed by atoms with Gasteiger partial charge in [-0.25, -0.2) is 4.68 Å². The summed E-state index contributed by atoms with van der Waals surface area (Å²) >= 11 is 6.17. The zero-order chi connectivity index (χ0) is 20.1. The fourth-order valence-corrected chi connectivity index (χ4v) is 2.80. The molecule has 0 atom stereocenters. The highest BCUT2D eigenvalue weighted by atomic mass is 35.5. The van der Waals surface area contributed by atoms with E-state index < -0.39 is 4.92 Å². The number of nitro benzene ring substituents is 1. The summed E-state index contributed by atoms with van der Waals surface area (Å²) in [6.45, 7) is 1.78. The second-order valence-corrected chi connectivity index (χ2v) is 6.41. The van der Waals surface area contributed by atoms with Gasteiger partial charge in [-0.2, -0.15) is 5.10 Å². The third-order valence-electron chi connectivity index (χ3n) is 4.00. The lowest BCUT2D eigenvalue weighted by molar-refractivity contribution is -0.385. The Kier molecular flexibility index (Phi) is 5.90. The van der Waals surface area contributed by atoms with E-state index in [-0.39, 0.29) is 18.2 Å². The first-order chi connectivity index (χ1) is 13.4. The van der Waals surface area contributed by atoms with Crippen LogP contribution in [0.1, 0.15) is 11.1 Å². The average molecular weight is 401 g/mol. The van der Waals surface area contributed by atoms with E-state index >= 15 is 0 Å². The molecule has 0 bridgehead atoms. The lowest BCUT2D eigenvalue weighted by Gasteiger charge is -2.11. The highest BCUT2D eigenvalue weighted by Gasteiger charge is 2.13. The number of aryl methyl sites for hydroxylation is 1. The minimum absolute atomic E-state index is 0.000256. The number of amides is 1. The van der Waals surface area contributed by atoms with Gasteiger partial charge in [-0.15, -0.1) is 0 Å². The number of nitro groups is 1. The van der Waals surface area contributed by atoms with Gasteiger partial charge in [0.25, 0.3) is 11.6 Å². The topological polar surface area (TPSA) is 99.3 Å². The van der Waals surface area contributed by atoms with Crippen molar-refractivity contribution in [2.24, 2.45) is 0 Å². The average Bonchev–Trinajstić information content (AvgIpc) is 3.08. The van der Waals surface area contributed by atoms with Gasteiger partial charge in [-0.1, -0.05) is 29.8 Å². The van der Waals surface area contributed by atoms with Gasteiger partial charge < -0.3 is 10.1 Å². The number of carbonyl (C=O) groups excluding carboxylic acids is 1. The minimum atomic E-state index is -0.466. The van der Waals surface area contributed by atoms with E-state index in [1.807, 2.05) is 18.2 Å². The number of aromatic nitrogens is 2. The van der Waals surface area contributed by atoms with E-state index in [1.165, 1.54) is 18.2 Å². The Bertz CT molecular complexity index is 1020. The lowest BCUT2D eigenvalue weighted by Crippen LogP contribution is -2.22. The van der Waals surface area contributed by atoms with Gasteiger partial charge in [0.05, 0.1) is 17.7 Å². The van der Waals surface area contributed by atoms with E-state index in [9.17, 15) is 14.9 Å². The number of nitrogens with one attached hydrogen (secondary N) is 1. The summed E-state index contributed by atoms with van der Waals surface area (Å²) in [6.07, 6.45) is 1.58. The highest BCUT2D eigenvalue weighted by molar-refractivity contribution is 6.31. The van der Waals surface area contributed by atoms with Crippen molar-refractivity contribution in [3.63, 3.8) is 0 Å². The van der Waals surface area contributed by atoms with Crippen LogP contribution in [0.25, 0.3) is 0 Å². The predicted molar refractivity (Wildman–Crippen MR) is 105 cm³/mol. The largest absolute Gasteiger partial charge is 0.484 e. The molecule has 0 aliphatic rings. The molecule has 8 nitrogen and oxygen atoms in total. The monoisotopic (exact) mass is 400 g/mol. The molecule has 0 unspecified atom stereocenters. The van der Waals surface area contributed by atoms with Crippen LogP contribution in [0, 0.1) is 17.0 Å². The Balaban J connectivity index is 1.60. The molecule has 0 saturated heterocycles. The fourth-order valence-electron chi connectivity index (χ4n) is 2.60. The van der Waals surface area contributed by atoms with Crippen molar-refractivity contribution in [3.05, 3.63) is 81.0 Å². The molecule has 3 aromatic rings. The van der Waals surface area contributed by atoms with Crippen LogP contribution < -0.4 is 10.1 Å². The van der Waals surface area contributed by atoms with E-state index in [2.05, 4.69) is 10.4 Å². The fraction of sp³-hybridized carbons (Fsp3) is 0.158. The lowest BCUT2D eigenvalue weighted by atomic mass is 10.2. The summed E-state index contributed by atoms with van der Waals surface area (Å²) in [6, 6.07) is 13.4. The van der Waals surface area contributed by atoms with Gasteiger partial charge in [-0.3, -0.25) is 14.9 Å². The van der Waals surface area contributed by atoms with Crippen molar-refractivity contribution in [3.8, 4) is 5.75 Å². The smallest absolute Gasteiger partial charge is 0.272 e. The normalized spacial score (nSPS) is 10.5. The van der Waals surface area contributed by atoms with Crippen molar-refractivity contribution < 1.29 is 14.5 Å². The third-order valence-corrected chi connectivity index (χ3v) is 4.37. The molecule has 0 aliphatic carbocycles. The summed E-state index contributed by atoms with van der Waals surface area (Å²) in [7, 11) is 0. The van der Waals surface area contributed by atoms with Crippen LogP contribution in [0.15, 0.2) is 54.7 Å². The molecule has 1 heterocycles. The van der Waals surface area contributed by atoms with Gasteiger partial charge in [0, 0.05) is 22.7 Å². The molecule has 0 aliphatic heterocycles. The van der Waals surface area contributed by atoms with Gasteiger partial charge in [0.15, 0.2) is 6.61 Å². The van der Waals surface area contributed by atoms with Crippen LogP contribution in [0.3, 0.4) is 0 Å². The Hall–Kier alpha value is -3.39. The van der Waals surface area contributed by atoms with Crippen LogP contribution in [0.2, 0.25) is 5.02 Å². The number of benzene rings is 2. The molecule has 2 aromatic carbocycles. The Morgan fingerprint density at radius 3 is 2.79 bits per heavy atom. The number of anilines is 1. The number of rotatable bonds is 7. The van der Waals surface area contributed by atoms with E-state index in [4.69, 9.17) is 16.3 Å². The summed E-state index contributed by atoms with van der Waals surface area (Å²) in [5, 5.41) is 18.4. The van der Waals surface area contributed by atoms with Crippen LogP contribution in [-0.2, 0) is 11.3 Å². The Labute approximate surface area is 165 Å². The molecule has 1 amide bonds. The number of hydrogen-bond donors (Lipinski definition) is 1. The molecule has 1 N–H and O–H groups in total. The molecule has 0 spiro atoms. The van der Waals surface area contributed by atoms with Crippen LogP contribution in [0.5, 0.6) is 5.75 Å². The second-order valence-electron chi connectivity index (χ2n) is 6.01. The zero-order valence-corrected chi connectivity index (χ0v) is 15.7. The molecular weight excluding hydrogens is 384 g/mol. The number of ether oxygens (including phenoxy) is 1. The second kappa shape index (κ2) is 8.53. The van der Waals surface area contributed by atoms with Crippen molar-refractivity contribution in [2.45, 2.75) is 13.5 Å². The summed E-state index contributed by atoms with van der Waals surface area (Å²) in [5.41, 5.74) is 1.34. The van der Waals surface area contributed by atoms with E-state index in [0.717, 1.165) is 5.56 Å². The van der Waals surface area contributed by atoms with Gasteiger partial charge in [0.1, 0.15) is 11.6 Å². The molecule has 0 saturated carbocycles. The summed E-state index contributed by atoms with van der Waals surface area (Å²) in [5.74, 6) is 0.508. The van der Waals surface area contributed by atoms with Crippen molar-refractivity contribution in [2.75, 3.05) is 11.9 Å². The van der Waals surface area contributed by atoms with Gasteiger partial charge >= 0.3 is 0 Å². The number of halogens is 1. The number of nitrogens with zero attached hydrogens (tertiary/aromatic N) is 3. The quantitative estimate of drug-likeness (QED) is 0.480. The summed E-state index contributed by atoms with van der Waals surface area (Å²) < 4.78 is 7.04. The molecule has 0 fully saturated rings. The number of carbonyl (C=O) groups is 1. The first kappa shape index (κ1) is 19.4. The first-order valence-electron chi connectivity index (χ1n) is 8.37. The van der Waals surface area contributed by atoms with Gasteiger partial charge in [-0.05, 0) is 30.7 Å². The molecule has 0 radical (unpaired) electrons. The van der Waals surface area contributed by atoms with Gasteiger partial charge in [0.2, 0.25) is 0 Å². The first-order valence-corrected chi connectivity index (χ1v) is 8.75. The van der Waals surface area contributed by atoms with Crippen molar-refractivity contribution in [1.29, 1.82) is 0 Å².